The predicted octanol–water partition coefficient (Wildman–Crippen LogP) is 0.997. The summed E-state index contributed by atoms with van der Waals surface area (Å²) in [6.07, 6.45) is 3.91. The van der Waals surface area contributed by atoms with Gasteiger partial charge in [0.1, 0.15) is 0 Å². The van der Waals surface area contributed by atoms with Crippen LogP contribution < -0.4 is 5.73 Å². The number of likely N-dealkylation sites (N-methyl/N-ethyl adjacent to an activating group) is 1. The lowest BCUT2D eigenvalue weighted by Gasteiger charge is -2.20. The van der Waals surface area contributed by atoms with Gasteiger partial charge in [0.2, 0.25) is 0 Å². The van der Waals surface area contributed by atoms with Gasteiger partial charge in [-0.15, -0.1) is 0 Å². The van der Waals surface area contributed by atoms with Crippen molar-refractivity contribution in [3.63, 3.8) is 0 Å². The van der Waals surface area contributed by atoms with Gasteiger partial charge in [-0.3, -0.25) is 0 Å². The molecule has 0 spiro atoms. The quantitative estimate of drug-likeness (QED) is 0.714. The third kappa shape index (κ3) is 4.49. The summed E-state index contributed by atoms with van der Waals surface area (Å²) in [7, 11) is 4.37. The number of likely N-dealkylation sites (tertiary alicyclic amines) is 1. The van der Waals surface area contributed by atoms with E-state index in [4.69, 9.17) is 5.73 Å². The molecule has 0 aromatic carbocycles. The molecule has 0 bridgehead atoms. The van der Waals surface area contributed by atoms with Crippen molar-refractivity contribution in [3.05, 3.63) is 0 Å². The summed E-state index contributed by atoms with van der Waals surface area (Å²) in [5, 5.41) is 0. The van der Waals surface area contributed by atoms with E-state index < -0.39 is 0 Å². The van der Waals surface area contributed by atoms with Gasteiger partial charge in [-0.1, -0.05) is 6.92 Å². The molecule has 2 N–H and O–H groups in total. The number of nitrogens with two attached hydrogens (primary N) is 1. The van der Waals surface area contributed by atoms with Crippen LogP contribution in [0.15, 0.2) is 0 Å². The molecule has 1 aliphatic rings. The van der Waals surface area contributed by atoms with Crippen LogP contribution in [0.3, 0.4) is 0 Å². The molecule has 1 heterocycles. The maximum Gasteiger partial charge on any atom is 0.0229 e. The van der Waals surface area contributed by atoms with Gasteiger partial charge in [0.15, 0.2) is 0 Å². The number of nitrogens with zero attached hydrogens (tertiary/aromatic N) is 2. The first kappa shape index (κ1) is 12.9. The predicted molar refractivity (Wildman–Crippen MR) is 66.0 cm³/mol. The van der Waals surface area contributed by atoms with Crippen LogP contribution in [0.4, 0.5) is 0 Å². The summed E-state index contributed by atoms with van der Waals surface area (Å²) < 4.78 is 0. The smallest absolute Gasteiger partial charge is 0.0229 e. The highest BCUT2D eigenvalue weighted by molar-refractivity contribution is 4.80. The first-order chi connectivity index (χ1) is 7.13. The lowest BCUT2D eigenvalue weighted by atomic mass is 10.1. The van der Waals surface area contributed by atoms with Gasteiger partial charge in [0.05, 0.1) is 0 Å². The van der Waals surface area contributed by atoms with Gasteiger partial charge in [-0.25, -0.2) is 0 Å². The van der Waals surface area contributed by atoms with Gasteiger partial charge >= 0.3 is 0 Å². The summed E-state index contributed by atoms with van der Waals surface area (Å²) in [4.78, 5) is 4.94. The molecule has 1 aliphatic heterocycles. The molecule has 2 atom stereocenters. The lowest BCUT2D eigenvalue weighted by molar-refractivity contribution is 0.263. The zero-order valence-corrected chi connectivity index (χ0v) is 10.6. The van der Waals surface area contributed by atoms with E-state index in [0.717, 1.165) is 12.6 Å². The molecule has 0 aliphatic carbocycles. The van der Waals surface area contributed by atoms with Gasteiger partial charge in [-0.05, 0) is 58.9 Å². The molecule has 90 valence electrons. The summed E-state index contributed by atoms with van der Waals surface area (Å²) in [5.41, 5.74) is 5.61. The number of hydrogen-bond donors (Lipinski definition) is 1. The van der Waals surface area contributed by atoms with Crippen molar-refractivity contribution < 1.29 is 0 Å². The summed E-state index contributed by atoms with van der Waals surface area (Å²) in [6.45, 7) is 6.87. The molecule has 2 unspecified atom stereocenters. The average Bonchev–Trinajstić information content (AvgIpc) is 2.66. The maximum atomic E-state index is 5.61. The van der Waals surface area contributed by atoms with Crippen molar-refractivity contribution in [1.82, 2.24) is 9.80 Å². The summed E-state index contributed by atoms with van der Waals surface area (Å²) >= 11 is 0. The molecule has 3 heteroatoms. The monoisotopic (exact) mass is 213 g/mol. The van der Waals surface area contributed by atoms with Crippen molar-refractivity contribution in [3.8, 4) is 0 Å². The van der Waals surface area contributed by atoms with E-state index in [1.807, 2.05) is 0 Å². The Balaban J connectivity index is 2.09. The molecule has 0 amide bonds. The number of hydrogen-bond acceptors (Lipinski definition) is 3. The van der Waals surface area contributed by atoms with Gasteiger partial charge < -0.3 is 15.5 Å². The largest absolute Gasteiger partial charge is 0.330 e. The molecule has 1 rings (SSSR count). The Bertz CT molecular complexity index is 170. The lowest BCUT2D eigenvalue weighted by Crippen LogP contribution is -2.32. The zero-order chi connectivity index (χ0) is 11.3. The molecule has 0 saturated carbocycles. The highest BCUT2D eigenvalue weighted by atomic mass is 15.2. The van der Waals surface area contributed by atoms with E-state index in [1.165, 1.54) is 38.9 Å². The molecule has 0 aromatic heterocycles. The minimum Gasteiger partial charge on any atom is -0.330 e. The van der Waals surface area contributed by atoms with Crippen molar-refractivity contribution in [2.75, 3.05) is 40.3 Å². The van der Waals surface area contributed by atoms with Crippen LogP contribution in [-0.2, 0) is 0 Å². The van der Waals surface area contributed by atoms with E-state index in [9.17, 15) is 0 Å². The van der Waals surface area contributed by atoms with Gasteiger partial charge in [0, 0.05) is 12.6 Å². The van der Waals surface area contributed by atoms with E-state index in [0.29, 0.717) is 5.92 Å². The Morgan fingerprint density at radius 1 is 1.47 bits per heavy atom. The maximum absolute atomic E-state index is 5.61. The Hall–Kier alpha value is -0.120. The molecule has 1 fully saturated rings. The SMILES string of the molecule is CC(CN)CCCN1CCC(N(C)C)C1. The zero-order valence-electron chi connectivity index (χ0n) is 10.6. The van der Waals surface area contributed by atoms with E-state index in [2.05, 4.69) is 30.8 Å². The second-order valence-electron chi connectivity index (χ2n) is 5.19. The van der Waals surface area contributed by atoms with Crippen LogP contribution in [0.25, 0.3) is 0 Å². The normalized spacial score (nSPS) is 25.0. The highest BCUT2D eigenvalue weighted by Crippen LogP contribution is 2.14. The fourth-order valence-electron chi connectivity index (χ4n) is 2.22. The third-order valence-corrected chi connectivity index (χ3v) is 3.55. The van der Waals surface area contributed by atoms with E-state index >= 15 is 0 Å². The fourth-order valence-corrected chi connectivity index (χ4v) is 2.22. The summed E-state index contributed by atoms with van der Waals surface area (Å²) in [5.74, 6) is 0.692. The third-order valence-electron chi connectivity index (χ3n) is 3.55. The fraction of sp³-hybridized carbons (Fsp3) is 1.00. The van der Waals surface area contributed by atoms with E-state index in [1.54, 1.807) is 0 Å². The second kappa shape index (κ2) is 6.46. The first-order valence-corrected chi connectivity index (χ1v) is 6.22. The second-order valence-corrected chi connectivity index (χ2v) is 5.19. The Morgan fingerprint density at radius 3 is 2.73 bits per heavy atom. The van der Waals surface area contributed by atoms with Gasteiger partial charge in [0.25, 0.3) is 0 Å². The van der Waals surface area contributed by atoms with Crippen LogP contribution >= 0.6 is 0 Å². The molecule has 3 nitrogen and oxygen atoms in total. The molecule has 1 saturated heterocycles. The Kier molecular flexibility index (Phi) is 5.58. The van der Waals surface area contributed by atoms with Crippen LogP contribution in [0.1, 0.15) is 26.2 Å². The van der Waals surface area contributed by atoms with E-state index in [-0.39, 0.29) is 0 Å². The molecule has 0 radical (unpaired) electrons. The molecular formula is C12H27N3. The van der Waals surface area contributed by atoms with Crippen molar-refractivity contribution >= 4 is 0 Å². The minimum atomic E-state index is 0.692. The van der Waals surface area contributed by atoms with Crippen molar-refractivity contribution in [2.24, 2.45) is 11.7 Å². The van der Waals surface area contributed by atoms with Crippen molar-refractivity contribution in [2.45, 2.75) is 32.2 Å². The standard InChI is InChI=1S/C12H27N3/c1-11(9-13)5-4-7-15-8-6-12(10-15)14(2)3/h11-12H,4-10,13H2,1-3H3. The van der Waals surface area contributed by atoms with Crippen molar-refractivity contribution in [1.29, 1.82) is 0 Å². The first-order valence-electron chi connectivity index (χ1n) is 6.22. The topological polar surface area (TPSA) is 32.5 Å². The number of rotatable bonds is 6. The molecular weight excluding hydrogens is 186 g/mol. The molecule has 0 aromatic rings. The highest BCUT2D eigenvalue weighted by Gasteiger charge is 2.23. The minimum absolute atomic E-state index is 0.692. The van der Waals surface area contributed by atoms with Crippen LogP contribution in [0.5, 0.6) is 0 Å². The summed E-state index contributed by atoms with van der Waals surface area (Å²) in [6, 6.07) is 0.775. The van der Waals surface area contributed by atoms with Crippen LogP contribution in [0, 0.1) is 5.92 Å². The van der Waals surface area contributed by atoms with Crippen LogP contribution in [0.2, 0.25) is 0 Å². The Labute approximate surface area is 94.6 Å². The van der Waals surface area contributed by atoms with Gasteiger partial charge in [-0.2, -0.15) is 0 Å². The Morgan fingerprint density at radius 2 is 2.20 bits per heavy atom. The molecule has 15 heavy (non-hydrogen) atoms. The van der Waals surface area contributed by atoms with Crippen LogP contribution in [-0.4, -0.2) is 56.1 Å². The average molecular weight is 213 g/mol.